The van der Waals surface area contributed by atoms with Gasteiger partial charge in [0.2, 0.25) is 0 Å². The molecule has 2 aromatic carbocycles. The van der Waals surface area contributed by atoms with Crippen molar-refractivity contribution >= 4 is 34.5 Å². The standard InChI is InChI=1S/C22H21NO4S/c1-4-27-22(26)19-20(25)18(12-15-10-14(3)8-9-17(15)24)28-21(19)23-16-7-5-6-13(2)11-16/h5-12,24-25H,4H2,1-3H3/b18-12+,23-21?. The monoisotopic (exact) mass is 395 g/mol. The molecule has 0 bridgehead atoms. The van der Waals surface area contributed by atoms with Crippen LogP contribution in [0.15, 0.2) is 63.7 Å². The van der Waals surface area contributed by atoms with E-state index in [1.807, 2.05) is 38.1 Å². The molecule has 0 atom stereocenters. The number of carbonyl (C=O) groups is 1. The maximum absolute atomic E-state index is 12.4. The zero-order valence-electron chi connectivity index (χ0n) is 15.9. The van der Waals surface area contributed by atoms with Gasteiger partial charge in [0.1, 0.15) is 22.1 Å². The molecule has 0 aromatic heterocycles. The van der Waals surface area contributed by atoms with E-state index in [0.29, 0.717) is 21.2 Å². The molecule has 0 aliphatic carbocycles. The summed E-state index contributed by atoms with van der Waals surface area (Å²) in [4.78, 5) is 17.4. The number of aliphatic hydroxyl groups is 1. The molecule has 0 saturated heterocycles. The summed E-state index contributed by atoms with van der Waals surface area (Å²) in [5.74, 6) is -0.736. The second-order valence-corrected chi connectivity index (χ2v) is 7.40. The summed E-state index contributed by atoms with van der Waals surface area (Å²) in [5.41, 5.74) is 3.27. The number of carbonyl (C=O) groups excluding carboxylic acids is 1. The van der Waals surface area contributed by atoms with E-state index in [-0.39, 0.29) is 23.7 Å². The van der Waals surface area contributed by atoms with Gasteiger partial charge in [0.15, 0.2) is 0 Å². The highest BCUT2D eigenvalue weighted by molar-refractivity contribution is 8.18. The van der Waals surface area contributed by atoms with Crippen molar-refractivity contribution in [2.24, 2.45) is 4.99 Å². The van der Waals surface area contributed by atoms with Gasteiger partial charge in [-0.1, -0.05) is 35.5 Å². The van der Waals surface area contributed by atoms with Gasteiger partial charge in [0.25, 0.3) is 0 Å². The average molecular weight is 395 g/mol. The minimum absolute atomic E-state index is 0.0340. The number of thioether (sulfide) groups is 1. The van der Waals surface area contributed by atoms with Crippen molar-refractivity contribution in [3.8, 4) is 5.75 Å². The summed E-state index contributed by atoms with van der Waals surface area (Å²) in [6, 6.07) is 12.7. The summed E-state index contributed by atoms with van der Waals surface area (Å²) in [7, 11) is 0. The molecule has 28 heavy (non-hydrogen) atoms. The predicted molar refractivity (Wildman–Crippen MR) is 113 cm³/mol. The SMILES string of the molecule is CCOC(=O)C1=C(O)/C(=C\c2cc(C)ccc2O)SC1=Nc1cccc(C)c1. The maximum atomic E-state index is 12.4. The van der Waals surface area contributed by atoms with E-state index in [4.69, 9.17) is 4.74 Å². The molecule has 5 nitrogen and oxygen atoms in total. The number of aryl methyl sites for hydroxylation is 2. The molecule has 144 valence electrons. The number of phenols is 1. The maximum Gasteiger partial charge on any atom is 0.344 e. The summed E-state index contributed by atoms with van der Waals surface area (Å²) in [6.45, 7) is 5.76. The van der Waals surface area contributed by atoms with Crippen LogP contribution in [0, 0.1) is 13.8 Å². The Kier molecular flexibility index (Phi) is 5.90. The van der Waals surface area contributed by atoms with E-state index < -0.39 is 5.97 Å². The topological polar surface area (TPSA) is 79.1 Å². The third kappa shape index (κ3) is 4.28. The van der Waals surface area contributed by atoms with E-state index in [0.717, 1.165) is 11.1 Å². The fourth-order valence-corrected chi connectivity index (χ4v) is 3.76. The Morgan fingerprint density at radius 2 is 1.89 bits per heavy atom. The van der Waals surface area contributed by atoms with Crippen LogP contribution in [0.4, 0.5) is 5.69 Å². The second-order valence-electron chi connectivity index (χ2n) is 6.37. The van der Waals surface area contributed by atoms with Crippen LogP contribution < -0.4 is 0 Å². The number of ether oxygens (including phenoxy) is 1. The van der Waals surface area contributed by atoms with Gasteiger partial charge in [-0.25, -0.2) is 9.79 Å². The highest BCUT2D eigenvalue weighted by Gasteiger charge is 2.33. The van der Waals surface area contributed by atoms with Gasteiger partial charge in [0, 0.05) is 5.56 Å². The van der Waals surface area contributed by atoms with Crippen molar-refractivity contribution in [2.45, 2.75) is 20.8 Å². The highest BCUT2D eigenvalue weighted by atomic mass is 32.2. The number of aromatic hydroxyl groups is 1. The molecule has 3 rings (SSSR count). The van der Waals surface area contributed by atoms with Crippen molar-refractivity contribution in [3.05, 3.63) is 75.4 Å². The number of benzene rings is 2. The van der Waals surface area contributed by atoms with E-state index in [9.17, 15) is 15.0 Å². The Labute approximate surface area is 168 Å². The molecule has 0 unspecified atom stereocenters. The van der Waals surface area contributed by atoms with Crippen molar-refractivity contribution in [1.82, 2.24) is 0 Å². The van der Waals surface area contributed by atoms with Gasteiger partial charge < -0.3 is 14.9 Å². The first kappa shape index (κ1) is 19.8. The van der Waals surface area contributed by atoms with Gasteiger partial charge >= 0.3 is 5.97 Å². The first-order valence-corrected chi connectivity index (χ1v) is 9.66. The van der Waals surface area contributed by atoms with E-state index >= 15 is 0 Å². The molecule has 2 N–H and O–H groups in total. The van der Waals surface area contributed by atoms with Crippen LogP contribution in [0.25, 0.3) is 6.08 Å². The molecular weight excluding hydrogens is 374 g/mol. The third-order valence-electron chi connectivity index (χ3n) is 4.07. The van der Waals surface area contributed by atoms with Crippen LogP contribution in [0.3, 0.4) is 0 Å². The number of rotatable bonds is 4. The van der Waals surface area contributed by atoms with Crippen LogP contribution in [-0.2, 0) is 9.53 Å². The van der Waals surface area contributed by atoms with Crippen molar-refractivity contribution in [1.29, 1.82) is 0 Å². The molecule has 0 spiro atoms. The lowest BCUT2D eigenvalue weighted by atomic mass is 10.1. The molecule has 2 aromatic rings. The van der Waals surface area contributed by atoms with Crippen molar-refractivity contribution in [3.63, 3.8) is 0 Å². The van der Waals surface area contributed by atoms with Crippen LogP contribution >= 0.6 is 11.8 Å². The molecule has 0 radical (unpaired) electrons. The van der Waals surface area contributed by atoms with E-state index in [2.05, 4.69) is 4.99 Å². The van der Waals surface area contributed by atoms with Crippen molar-refractivity contribution in [2.75, 3.05) is 6.61 Å². The molecule has 6 heteroatoms. The highest BCUT2D eigenvalue weighted by Crippen LogP contribution is 2.41. The number of aliphatic imine (C=N–C) groups is 1. The first-order chi connectivity index (χ1) is 13.4. The molecule has 1 heterocycles. The Morgan fingerprint density at radius 1 is 1.14 bits per heavy atom. The summed E-state index contributed by atoms with van der Waals surface area (Å²) in [5, 5.41) is 21.2. The van der Waals surface area contributed by atoms with E-state index in [1.165, 1.54) is 11.8 Å². The molecule has 0 amide bonds. The van der Waals surface area contributed by atoms with Gasteiger partial charge in [-0.05, 0) is 56.7 Å². The minimum Gasteiger partial charge on any atom is -0.507 e. The molecule has 1 aliphatic rings. The Balaban J connectivity index is 2.08. The fraction of sp³-hybridized carbons (Fsp3) is 0.182. The van der Waals surface area contributed by atoms with Crippen molar-refractivity contribution < 1.29 is 19.7 Å². The number of aliphatic hydroxyl groups excluding tert-OH is 1. The Bertz CT molecular complexity index is 1020. The Hall–Kier alpha value is -2.99. The number of hydrogen-bond donors (Lipinski definition) is 2. The fourth-order valence-electron chi connectivity index (χ4n) is 2.74. The predicted octanol–water partition coefficient (Wildman–Crippen LogP) is 5.20. The van der Waals surface area contributed by atoms with E-state index in [1.54, 1.807) is 31.2 Å². The summed E-state index contributed by atoms with van der Waals surface area (Å²) < 4.78 is 5.10. The molecule has 0 saturated carbocycles. The lowest BCUT2D eigenvalue weighted by molar-refractivity contribution is -0.138. The third-order valence-corrected chi connectivity index (χ3v) is 5.09. The number of hydrogen-bond acceptors (Lipinski definition) is 6. The number of phenolic OH excluding ortho intramolecular Hbond substituents is 1. The zero-order valence-corrected chi connectivity index (χ0v) is 16.7. The number of esters is 1. The first-order valence-electron chi connectivity index (χ1n) is 8.84. The molecule has 0 fully saturated rings. The molecular formula is C22H21NO4S. The van der Waals surface area contributed by atoms with Crippen LogP contribution in [0.2, 0.25) is 0 Å². The largest absolute Gasteiger partial charge is 0.507 e. The lowest BCUT2D eigenvalue weighted by Crippen LogP contribution is -2.12. The average Bonchev–Trinajstić information content (AvgIpc) is 2.93. The smallest absolute Gasteiger partial charge is 0.344 e. The van der Waals surface area contributed by atoms with Gasteiger partial charge in [-0.2, -0.15) is 0 Å². The van der Waals surface area contributed by atoms with Crippen LogP contribution in [0.5, 0.6) is 5.75 Å². The summed E-state index contributed by atoms with van der Waals surface area (Å²) >= 11 is 1.17. The normalized spacial score (nSPS) is 16.8. The minimum atomic E-state index is -0.629. The van der Waals surface area contributed by atoms with Crippen LogP contribution in [-0.4, -0.2) is 27.8 Å². The van der Waals surface area contributed by atoms with Gasteiger partial charge in [0.05, 0.1) is 17.2 Å². The summed E-state index contributed by atoms with van der Waals surface area (Å²) in [6.07, 6.45) is 1.64. The number of nitrogens with zero attached hydrogens (tertiary/aromatic N) is 1. The molecule has 1 aliphatic heterocycles. The zero-order chi connectivity index (χ0) is 20.3. The van der Waals surface area contributed by atoms with Gasteiger partial charge in [-0.3, -0.25) is 0 Å². The van der Waals surface area contributed by atoms with Gasteiger partial charge in [-0.15, -0.1) is 0 Å². The second kappa shape index (κ2) is 8.35. The lowest BCUT2D eigenvalue weighted by Gasteiger charge is -2.04. The van der Waals surface area contributed by atoms with Crippen LogP contribution in [0.1, 0.15) is 23.6 Å². The quantitative estimate of drug-likeness (QED) is 0.696. The Morgan fingerprint density at radius 3 is 2.61 bits per heavy atom.